The van der Waals surface area contributed by atoms with Crippen LogP contribution in [0.15, 0.2) is 42.5 Å². The Morgan fingerprint density at radius 2 is 1.67 bits per heavy atom. The van der Waals surface area contributed by atoms with Crippen molar-refractivity contribution in [2.24, 2.45) is 5.92 Å². The van der Waals surface area contributed by atoms with Gasteiger partial charge in [-0.3, -0.25) is 14.4 Å². The minimum Gasteiger partial charge on any atom is -0.492 e. The summed E-state index contributed by atoms with van der Waals surface area (Å²) in [6.45, 7) is 7.20. The quantitative estimate of drug-likeness (QED) is 0.562. The molecule has 0 spiro atoms. The normalized spacial score (nSPS) is 24.1. The Labute approximate surface area is 231 Å². The molecular formula is C31H42N4O4. The SMILES string of the molecule is Cc1ccc(C[C@H]2NC(=O)[C@@H](C)N(C)C(=O)[C@H](C3CC3)NCCOc3cc(C)ccc3CCCNC2=O)cc1. The predicted octanol–water partition coefficient (Wildman–Crippen LogP) is 2.69. The van der Waals surface area contributed by atoms with E-state index in [4.69, 9.17) is 4.74 Å². The van der Waals surface area contributed by atoms with Gasteiger partial charge in [-0.2, -0.15) is 0 Å². The first-order valence-electron chi connectivity index (χ1n) is 14.1. The summed E-state index contributed by atoms with van der Waals surface area (Å²) < 4.78 is 6.14. The van der Waals surface area contributed by atoms with Gasteiger partial charge >= 0.3 is 0 Å². The highest BCUT2D eigenvalue weighted by Crippen LogP contribution is 2.33. The molecule has 210 valence electrons. The van der Waals surface area contributed by atoms with Crippen LogP contribution >= 0.6 is 0 Å². The fourth-order valence-electron chi connectivity index (χ4n) is 4.92. The van der Waals surface area contributed by atoms with Crippen LogP contribution in [-0.4, -0.2) is 67.5 Å². The summed E-state index contributed by atoms with van der Waals surface area (Å²) in [5.74, 6) is 0.409. The third kappa shape index (κ3) is 7.82. The van der Waals surface area contributed by atoms with Crippen molar-refractivity contribution in [1.29, 1.82) is 0 Å². The van der Waals surface area contributed by atoms with Gasteiger partial charge in [0.05, 0.1) is 6.04 Å². The number of nitrogens with zero attached hydrogens (tertiary/aromatic N) is 1. The zero-order valence-corrected chi connectivity index (χ0v) is 23.6. The van der Waals surface area contributed by atoms with Crippen LogP contribution in [0.25, 0.3) is 0 Å². The van der Waals surface area contributed by atoms with Crippen LogP contribution < -0.4 is 20.7 Å². The van der Waals surface area contributed by atoms with Crippen LogP contribution in [-0.2, 0) is 27.2 Å². The molecular weight excluding hydrogens is 492 g/mol. The maximum absolute atomic E-state index is 13.5. The van der Waals surface area contributed by atoms with Crippen LogP contribution in [0.2, 0.25) is 0 Å². The molecule has 0 radical (unpaired) electrons. The van der Waals surface area contributed by atoms with Crippen LogP contribution in [0.1, 0.15) is 48.4 Å². The third-order valence-electron chi connectivity index (χ3n) is 7.73. The molecule has 8 nitrogen and oxygen atoms in total. The van der Waals surface area contributed by atoms with Crippen molar-refractivity contribution >= 4 is 17.7 Å². The van der Waals surface area contributed by atoms with Crippen LogP contribution in [0, 0.1) is 19.8 Å². The fourth-order valence-corrected chi connectivity index (χ4v) is 4.92. The van der Waals surface area contributed by atoms with Gasteiger partial charge in [-0.1, -0.05) is 42.0 Å². The molecule has 8 heteroatoms. The van der Waals surface area contributed by atoms with E-state index in [1.54, 1.807) is 14.0 Å². The van der Waals surface area contributed by atoms with E-state index in [9.17, 15) is 14.4 Å². The van der Waals surface area contributed by atoms with Gasteiger partial charge in [0.1, 0.15) is 24.4 Å². The highest BCUT2D eigenvalue weighted by molar-refractivity contribution is 5.93. The van der Waals surface area contributed by atoms with Gasteiger partial charge in [-0.05, 0) is 75.1 Å². The standard InChI is InChI=1S/C31H42N4O4/c1-20-7-10-23(11-8-20)19-26-30(37)33-15-5-6-24-12-9-21(2)18-27(24)39-17-16-32-28(25-13-14-25)31(38)35(4)22(3)29(36)34-26/h7-12,18,22,25-26,28,32H,5-6,13-17,19H2,1-4H3,(H,33,37)(H,34,36)/t22-,26-,28+/m1/s1. The Kier molecular flexibility index (Phi) is 9.62. The van der Waals surface area contributed by atoms with Crippen LogP contribution in [0.3, 0.4) is 0 Å². The molecule has 1 fully saturated rings. The highest BCUT2D eigenvalue weighted by Gasteiger charge is 2.39. The average molecular weight is 535 g/mol. The maximum Gasteiger partial charge on any atom is 0.243 e. The summed E-state index contributed by atoms with van der Waals surface area (Å²) in [6.07, 6.45) is 3.83. The number of aryl methyl sites for hydroxylation is 3. The van der Waals surface area contributed by atoms with E-state index in [-0.39, 0.29) is 29.7 Å². The Bertz CT molecular complexity index is 1160. The molecule has 1 saturated carbocycles. The molecule has 0 unspecified atom stereocenters. The topological polar surface area (TPSA) is 99.8 Å². The highest BCUT2D eigenvalue weighted by atomic mass is 16.5. The molecule has 0 aromatic heterocycles. The molecule has 0 bridgehead atoms. The van der Waals surface area contributed by atoms with Crippen molar-refractivity contribution in [3.8, 4) is 5.75 Å². The minimum absolute atomic E-state index is 0.114. The molecule has 1 aliphatic carbocycles. The average Bonchev–Trinajstić information content (AvgIpc) is 3.76. The summed E-state index contributed by atoms with van der Waals surface area (Å²) in [5.41, 5.74) is 4.29. The number of carbonyl (C=O) groups is 3. The zero-order chi connectivity index (χ0) is 27.9. The smallest absolute Gasteiger partial charge is 0.243 e. The van der Waals surface area contributed by atoms with Crippen LogP contribution in [0.4, 0.5) is 0 Å². The number of fused-ring (bicyclic) bond motifs is 1. The monoisotopic (exact) mass is 534 g/mol. The van der Waals surface area contributed by atoms with Crippen molar-refractivity contribution in [1.82, 2.24) is 20.9 Å². The number of hydrogen-bond acceptors (Lipinski definition) is 5. The number of rotatable bonds is 3. The summed E-state index contributed by atoms with van der Waals surface area (Å²) in [5, 5.41) is 9.33. The van der Waals surface area contributed by atoms with Gasteiger partial charge in [0, 0.05) is 26.6 Å². The van der Waals surface area contributed by atoms with Crippen molar-refractivity contribution in [2.45, 2.75) is 71.0 Å². The van der Waals surface area contributed by atoms with E-state index in [0.29, 0.717) is 26.1 Å². The molecule has 2 aromatic carbocycles. The Balaban J connectivity index is 1.55. The summed E-state index contributed by atoms with van der Waals surface area (Å²) in [6, 6.07) is 12.3. The lowest BCUT2D eigenvalue weighted by molar-refractivity contribution is -0.141. The third-order valence-corrected chi connectivity index (χ3v) is 7.73. The molecule has 39 heavy (non-hydrogen) atoms. The number of carbonyl (C=O) groups excluding carboxylic acids is 3. The van der Waals surface area contributed by atoms with Crippen molar-refractivity contribution in [3.05, 3.63) is 64.7 Å². The number of amides is 3. The van der Waals surface area contributed by atoms with E-state index < -0.39 is 12.1 Å². The molecule has 1 aliphatic heterocycles. The molecule has 2 aliphatic rings. The maximum atomic E-state index is 13.5. The Morgan fingerprint density at radius 1 is 0.949 bits per heavy atom. The van der Waals surface area contributed by atoms with Gasteiger partial charge < -0.3 is 25.6 Å². The van der Waals surface area contributed by atoms with Gasteiger partial charge in [-0.25, -0.2) is 0 Å². The van der Waals surface area contributed by atoms with E-state index in [1.807, 2.05) is 44.2 Å². The molecule has 3 N–H and O–H groups in total. The molecule has 0 saturated heterocycles. The van der Waals surface area contributed by atoms with E-state index in [2.05, 4.69) is 28.1 Å². The molecule has 4 rings (SSSR count). The number of likely N-dealkylation sites (N-methyl/N-ethyl adjacent to an activating group) is 1. The van der Waals surface area contributed by atoms with E-state index in [0.717, 1.165) is 53.7 Å². The van der Waals surface area contributed by atoms with E-state index in [1.165, 1.54) is 4.90 Å². The van der Waals surface area contributed by atoms with Gasteiger partial charge in [0.25, 0.3) is 0 Å². The van der Waals surface area contributed by atoms with Gasteiger partial charge in [0.15, 0.2) is 0 Å². The fraction of sp³-hybridized carbons (Fsp3) is 0.516. The molecule has 2 aromatic rings. The predicted molar refractivity (Wildman–Crippen MR) is 152 cm³/mol. The van der Waals surface area contributed by atoms with Crippen LogP contribution in [0.5, 0.6) is 5.75 Å². The lowest BCUT2D eigenvalue weighted by atomic mass is 10.0. The van der Waals surface area contributed by atoms with Gasteiger partial charge in [0.2, 0.25) is 17.7 Å². The number of nitrogens with one attached hydrogen (secondary N) is 3. The number of ether oxygens (including phenoxy) is 1. The number of benzene rings is 2. The molecule has 3 atom stereocenters. The van der Waals surface area contributed by atoms with E-state index >= 15 is 0 Å². The zero-order valence-electron chi connectivity index (χ0n) is 23.6. The first-order chi connectivity index (χ1) is 18.7. The first kappa shape index (κ1) is 28.6. The van der Waals surface area contributed by atoms with Crippen molar-refractivity contribution < 1.29 is 19.1 Å². The Morgan fingerprint density at radius 3 is 2.38 bits per heavy atom. The van der Waals surface area contributed by atoms with Gasteiger partial charge in [-0.15, -0.1) is 0 Å². The molecule has 1 heterocycles. The summed E-state index contributed by atoms with van der Waals surface area (Å²) in [7, 11) is 1.66. The summed E-state index contributed by atoms with van der Waals surface area (Å²) >= 11 is 0. The second-order valence-corrected chi connectivity index (χ2v) is 11.0. The summed E-state index contributed by atoms with van der Waals surface area (Å²) in [4.78, 5) is 41.5. The lowest BCUT2D eigenvalue weighted by Gasteiger charge is -2.30. The van der Waals surface area contributed by atoms with Crippen molar-refractivity contribution in [2.75, 3.05) is 26.7 Å². The largest absolute Gasteiger partial charge is 0.492 e. The molecule has 3 amide bonds. The number of hydrogen-bond donors (Lipinski definition) is 3. The van der Waals surface area contributed by atoms with Crippen molar-refractivity contribution in [3.63, 3.8) is 0 Å². The first-order valence-corrected chi connectivity index (χ1v) is 14.1. The second kappa shape index (κ2) is 13.1. The minimum atomic E-state index is -0.749. The second-order valence-electron chi connectivity index (χ2n) is 11.0. The Hall–Kier alpha value is -3.39. The lowest BCUT2D eigenvalue weighted by Crippen LogP contribution is -2.56.